The molecule has 4 atom stereocenters. The number of aryl methyl sites for hydroxylation is 4. The summed E-state index contributed by atoms with van der Waals surface area (Å²) in [5.41, 5.74) is 3.94. The molecule has 2 aromatic carbocycles. The predicted octanol–water partition coefficient (Wildman–Crippen LogP) is 4.63. The third-order valence-corrected chi connectivity index (χ3v) is 7.18. The summed E-state index contributed by atoms with van der Waals surface area (Å²) in [7, 11) is 0. The first kappa shape index (κ1) is 26.2. The second-order valence-corrected chi connectivity index (χ2v) is 10.4. The summed E-state index contributed by atoms with van der Waals surface area (Å²) in [6.07, 6.45) is 2.82. The molecular formula is C30H33N3O4. The number of benzene rings is 2. The number of aliphatic hydroxyl groups is 1. The molecule has 7 heteroatoms. The summed E-state index contributed by atoms with van der Waals surface area (Å²) < 4.78 is 0. The molecule has 1 saturated carbocycles. The first-order chi connectivity index (χ1) is 17.5. The molecule has 4 rings (SSSR count). The van der Waals surface area contributed by atoms with Crippen molar-refractivity contribution < 1.29 is 19.5 Å². The molecule has 0 aliphatic heterocycles. The fourth-order valence-corrected chi connectivity index (χ4v) is 5.39. The first-order valence-electron chi connectivity index (χ1n) is 12.4. The largest absolute Gasteiger partial charge is 0.389 e. The molecule has 3 aromatic rings. The van der Waals surface area contributed by atoms with E-state index in [-0.39, 0.29) is 6.42 Å². The van der Waals surface area contributed by atoms with Crippen LogP contribution in [-0.2, 0) is 14.4 Å². The Bertz CT molecular complexity index is 1350. The van der Waals surface area contributed by atoms with E-state index in [2.05, 4.69) is 15.6 Å². The highest BCUT2D eigenvalue weighted by Crippen LogP contribution is 2.46. The van der Waals surface area contributed by atoms with E-state index < -0.39 is 41.0 Å². The van der Waals surface area contributed by atoms with Crippen LogP contribution < -0.4 is 10.6 Å². The monoisotopic (exact) mass is 499 g/mol. The lowest BCUT2D eigenvalue weighted by atomic mass is 9.61. The van der Waals surface area contributed by atoms with E-state index in [0.29, 0.717) is 16.9 Å². The van der Waals surface area contributed by atoms with Crippen molar-refractivity contribution in [2.75, 3.05) is 10.6 Å². The van der Waals surface area contributed by atoms with Gasteiger partial charge < -0.3 is 15.7 Å². The first-order valence-corrected chi connectivity index (χ1v) is 12.4. The number of nitrogens with zero attached hydrogens (tertiary/aromatic N) is 1. The Balaban J connectivity index is 1.75. The molecule has 3 N–H and O–H groups in total. The fraction of sp³-hybridized carbons (Fsp3) is 0.333. The van der Waals surface area contributed by atoms with Crippen LogP contribution in [0.5, 0.6) is 0 Å². The molecule has 0 spiro atoms. The Morgan fingerprint density at radius 1 is 0.919 bits per heavy atom. The van der Waals surface area contributed by atoms with Crippen LogP contribution in [0.3, 0.4) is 0 Å². The number of rotatable bonds is 5. The molecule has 192 valence electrons. The number of aromatic nitrogens is 1. The summed E-state index contributed by atoms with van der Waals surface area (Å²) in [5, 5.41) is 17.3. The average Bonchev–Trinajstić information content (AvgIpc) is 2.82. The minimum Gasteiger partial charge on any atom is -0.389 e. The van der Waals surface area contributed by atoms with Gasteiger partial charge in [0.15, 0.2) is 0 Å². The molecule has 1 heterocycles. The minimum atomic E-state index is -1.67. The molecule has 2 amide bonds. The molecule has 0 saturated heterocycles. The van der Waals surface area contributed by atoms with E-state index in [1.54, 1.807) is 30.6 Å². The number of Topliss-reactive ketones (excluding diaryl/α,β-unsaturated/α-hetero) is 1. The van der Waals surface area contributed by atoms with E-state index in [1.807, 2.05) is 58.0 Å². The second-order valence-electron chi connectivity index (χ2n) is 10.4. The lowest BCUT2D eigenvalue weighted by Crippen LogP contribution is -2.56. The van der Waals surface area contributed by atoms with E-state index >= 15 is 0 Å². The third kappa shape index (κ3) is 5.47. The molecule has 37 heavy (non-hydrogen) atoms. The van der Waals surface area contributed by atoms with Crippen molar-refractivity contribution in [3.63, 3.8) is 0 Å². The summed E-state index contributed by atoms with van der Waals surface area (Å²) in [5.74, 6) is -4.56. The molecule has 1 aliphatic carbocycles. The van der Waals surface area contributed by atoms with Gasteiger partial charge in [0.25, 0.3) is 0 Å². The van der Waals surface area contributed by atoms with Crippen LogP contribution >= 0.6 is 0 Å². The van der Waals surface area contributed by atoms with Crippen molar-refractivity contribution in [3.8, 4) is 0 Å². The van der Waals surface area contributed by atoms with Crippen LogP contribution in [0.25, 0.3) is 0 Å². The number of anilines is 2. The SMILES string of the molecule is Cc1ccc(NC(=O)[C@@H]2C(=O)C[C@](C)(O)[C@H](C(=O)Nc3ccc(C)cc3C)[C@@H]2c2cccnc2)c(C)c1. The number of carbonyl (C=O) groups is 3. The van der Waals surface area contributed by atoms with Crippen LogP contribution in [-0.4, -0.2) is 33.3 Å². The summed E-state index contributed by atoms with van der Waals surface area (Å²) >= 11 is 0. The highest BCUT2D eigenvalue weighted by Gasteiger charge is 2.56. The van der Waals surface area contributed by atoms with Crippen LogP contribution in [0.2, 0.25) is 0 Å². The van der Waals surface area contributed by atoms with E-state index in [9.17, 15) is 19.5 Å². The zero-order chi connectivity index (χ0) is 26.9. The maximum absolute atomic E-state index is 13.8. The van der Waals surface area contributed by atoms with Gasteiger partial charge in [0.2, 0.25) is 11.8 Å². The van der Waals surface area contributed by atoms with Crippen LogP contribution in [0.4, 0.5) is 11.4 Å². The number of ketones is 1. The van der Waals surface area contributed by atoms with Gasteiger partial charge in [0.05, 0.1) is 11.5 Å². The average molecular weight is 500 g/mol. The van der Waals surface area contributed by atoms with Gasteiger partial charge in [-0.25, -0.2) is 0 Å². The van der Waals surface area contributed by atoms with E-state index in [0.717, 1.165) is 22.3 Å². The number of amides is 2. The molecule has 0 unspecified atom stereocenters. The lowest BCUT2D eigenvalue weighted by Gasteiger charge is -2.44. The second kappa shape index (κ2) is 10.3. The van der Waals surface area contributed by atoms with Gasteiger partial charge in [0.1, 0.15) is 11.7 Å². The standard InChI is InChI=1S/C30H33N3O4/c1-17-8-10-22(19(3)13-17)32-28(35)26-24(34)15-30(5,37)27(25(26)21-7-6-12-31-16-21)29(36)33-23-11-9-18(2)14-20(23)4/h6-14,16,25-27,37H,15H2,1-5H3,(H,32,35)(H,33,36)/t25-,26-,27+,30+/m1/s1. The molecule has 1 aromatic heterocycles. The topological polar surface area (TPSA) is 108 Å². The Labute approximate surface area is 217 Å². The molecule has 0 radical (unpaired) electrons. The van der Waals surface area contributed by atoms with Crippen molar-refractivity contribution in [1.29, 1.82) is 0 Å². The van der Waals surface area contributed by atoms with E-state index in [1.165, 1.54) is 6.92 Å². The lowest BCUT2D eigenvalue weighted by molar-refractivity contribution is -0.150. The van der Waals surface area contributed by atoms with E-state index in [4.69, 9.17) is 0 Å². The Hall–Kier alpha value is -3.84. The third-order valence-electron chi connectivity index (χ3n) is 7.18. The maximum Gasteiger partial charge on any atom is 0.235 e. The van der Waals surface area contributed by atoms with Gasteiger partial charge in [-0.2, -0.15) is 0 Å². The molecular weight excluding hydrogens is 466 g/mol. The quantitative estimate of drug-likeness (QED) is 0.444. The Morgan fingerprint density at radius 2 is 1.49 bits per heavy atom. The number of hydrogen-bond acceptors (Lipinski definition) is 5. The fourth-order valence-electron chi connectivity index (χ4n) is 5.39. The predicted molar refractivity (Wildman–Crippen MR) is 143 cm³/mol. The number of pyridine rings is 1. The normalized spacial score (nSPS) is 23.4. The highest BCUT2D eigenvalue weighted by molar-refractivity contribution is 6.10. The number of hydrogen-bond donors (Lipinski definition) is 3. The summed E-state index contributed by atoms with van der Waals surface area (Å²) in [4.78, 5) is 45.0. The van der Waals surface area contributed by atoms with Crippen molar-refractivity contribution in [1.82, 2.24) is 4.98 Å². The van der Waals surface area contributed by atoms with Crippen molar-refractivity contribution >= 4 is 29.0 Å². The van der Waals surface area contributed by atoms with Gasteiger partial charge in [-0.05, 0) is 69.5 Å². The number of carbonyl (C=O) groups excluding carboxylic acids is 3. The Morgan fingerprint density at radius 3 is 2.00 bits per heavy atom. The molecule has 1 fully saturated rings. The van der Waals surface area contributed by atoms with Crippen molar-refractivity contribution in [2.45, 2.75) is 52.6 Å². The van der Waals surface area contributed by atoms with Gasteiger partial charge in [0, 0.05) is 36.1 Å². The van der Waals surface area contributed by atoms with Crippen LogP contribution in [0.1, 0.15) is 47.1 Å². The minimum absolute atomic E-state index is 0.320. The van der Waals surface area contributed by atoms with Crippen molar-refractivity contribution in [2.24, 2.45) is 11.8 Å². The van der Waals surface area contributed by atoms with Gasteiger partial charge in [-0.15, -0.1) is 0 Å². The van der Waals surface area contributed by atoms with Gasteiger partial charge in [-0.3, -0.25) is 19.4 Å². The zero-order valence-electron chi connectivity index (χ0n) is 21.8. The molecule has 0 bridgehead atoms. The summed E-state index contributed by atoms with van der Waals surface area (Å²) in [6, 6.07) is 14.7. The highest BCUT2D eigenvalue weighted by atomic mass is 16.3. The maximum atomic E-state index is 13.8. The Kier molecular flexibility index (Phi) is 7.28. The molecule has 7 nitrogen and oxygen atoms in total. The van der Waals surface area contributed by atoms with Gasteiger partial charge >= 0.3 is 0 Å². The number of nitrogens with one attached hydrogen (secondary N) is 2. The zero-order valence-corrected chi connectivity index (χ0v) is 21.8. The van der Waals surface area contributed by atoms with Crippen LogP contribution in [0, 0.1) is 39.5 Å². The molecule has 1 aliphatic rings. The van der Waals surface area contributed by atoms with Gasteiger partial charge in [-0.1, -0.05) is 41.5 Å². The van der Waals surface area contributed by atoms with Crippen molar-refractivity contribution in [3.05, 3.63) is 88.7 Å². The summed E-state index contributed by atoms with van der Waals surface area (Å²) in [6.45, 7) is 9.19. The van der Waals surface area contributed by atoms with Crippen LogP contribution in [0.15, 0.2) is 60.9 Å². The smallest absolute Gasteiger partial charge is 0.235 e.